The Morgan fingerprint density at radius 1 is 1.47 bits per heavy atom. The number of thiophene rings is 1. The maximum atomic E-state index is 12.0. The van der Waals surface area contributed by atoms with E-state index in [1.54, 1.807) is 12.1 Å². The summed E-state index contributed by atoms with van der Waals surface area (Å²) in [6.07, 6.45) is 0. The van der Waals surface area contributed by atoms with Crippen molar-refractivity contribution >= 4 is 33.0 Å². The first-order chi connectivity index (χ1) is 8.15. The Hall–Kier alpha value is -1.75. The molecule has 0 bridgehead atoms. The molecule has 4 nitrogen and oxygen atoms in total. The average Bonchev–Trinajstić information content (AvgIpc) is 2.57. The van der Waals surface area contributed by atoms with Gasteiger partial charge in [0.05, 0.1) is 5.69 Å². The number of rotatable bonds is 0. The van der Waals surface area contributed by atoms with Crippen LogP contribution in [0, 0.1) is 0 Å². The first kappa shape index (κ1) is 10.4. The number of amides is 1. The van der Waals surface area contributed by atoms with Gasteiger partial charge in [-0.15, -0.1) is 11.3 Å². The fourth-order valence-corrected chi connectivity index (χ4v) is 3.08. The number of carbonyl (C=O) groups excluding carboxylic acids is 1. The van der Waals surface area contributed by atoms with E-state index in [2.05, 4.69) is 10.6 Å². The fraction of sp³-hybridized carbons (Fsp3) is 0.250. The van der Waals surface area contributed by atoms with Crippen LogP contribution < -0.4 is 10.6 Å². The summed E-state index contributed by atoms with van der Waals surface area (Å²) in [6, 6.07) is 5.27. The molecule has 1 aromatic carbocycles. The molecule has 1 atom stereocenters. The lowest BCUT2D eigenvalue weighted by molar-refractivity contribution is 0.0949. The largest absolute Gasteiger partial charge is 0.508 e. The van der Waals surface area contributed by atoms with Crippen molar-refractivity contribution in [1.29, 1.82) is 0 Å². The molecule has 5 heteroatoms. The predicted molar refractivity (Wildman–Crippen MR) is 68.9 cm³/mol. The smallest absolute Gasteiger partial charge is 0.263 e. The Morgan fingerprint density at radius 3 is 3.12 bits per heavy atom. The molecule has 0 saturated heterocycles. The third-order valence-corrected chi connectivity index (χ3v) is 4.01. The zero-order chi connectivity index (χ0) is 12.0. The second kappa shape index (κ2) is 3.63. The van der Waals surface area contributed by atoms with E-state index in [-0.39, 0.29) is 17.7 Å². The molecular weight excluding hydrogens is 236 g/mol. The maximum absolute atomic E-state index is 12.0. The number of nitrogens with one attached hydrogen (secondary N) is 2. The topological polar surface area (TPSA) is 61.4 Å². The van der Waals surface area contributed by atoms with Crippen molar-refractivity contribution in [3.63, 3.8) is 0 Å². The van der Waals surface area contributed by atoms with Gasteiger partial charge >= 0.3 is 0 Å². The van der Waals surface area contributed by atoms with E-state index in [1.165, 1.54) is 11.3 Å². The maximum Gasteiger partial charge on any atom is 0.263 e. The summed E-state index contributed by atoms with van der Waals surface area (Å²) in [5, 5.41) is 16.6. The molecule has 0 unspecified atom stereocenters. The van der Waals surface area contributed by atoms with Gasteiger partial charge in [-0.1, -0.05) is 0 Å². The van der Waals surface area contributed by atoms with E-state index in [1.807, 2.05) is 13.0 Å². The van der Waals surface area contributed by atoms with Crippen LogP contribution in [0.1, 0.15) is 16.6 Å². The van der Waals surface area contributed by atoms with E-state index >= 15 is 0 Å². The number of carbonyl (C=O) groups is 1. The third kappa shape index (κ3) is 1.63. The van der Waals surface area contributed by atoms with Crippen molar-refractivity contribution in [1.82, 2.24) is 5.32 Å². The predicted octanol–water partition coefficient (Wildman–Crippen LogP) is 2.15. The number of phenols is 1. The van der Waals surface area contributed by atoms with E-state index < -0.39 is 0 Å². The van der Waals surface area contributed by atoms with E-state index in [0.29, 0.717) is 11.4 Å². The van der Waals surface area contributed by atoms with Gasteiger partial charge in [0.2, 0.25) is 0 Å². The molecule has 1 amide bonds. The van der Waals surface area contributed by atoms with Crippen LogP contribution in [-0.4, -0.2) is 23.6 Å². The molecule has 0 saturated carbocycles. The Labute approximate surface area is 102 Å². The van der Waals surface area contributed by atoms with E-state index in [0.717, 1.165) is 15.8 Å². The molecular formula is C12H12N2O2S. The highest BCUT2D eigenvalue weighted by Gasteiger charge is 2.23. The van der Waals surface area contributed by atoms with Gasteiger partial charge in [-0.2, -0.15) is 0 Å². The number of fused-ring (bicyclic) bond motifs is 3. The average molecular weight is 248 g/mol. The van der Waals surface area contributed by atoms with Crippen LogP contribution in [0.2, 0.25) is 0 Å². The summed E-state index contributed by atoms with van der Waals surface area (Å²) in [5.74, 6) is 0.177. The Morgan fingerprint density at radius 2 is 2.29 bits per heavy atom. The summed E-state index contributed by atoms with van der Waals surface area (Å²) in [7, 11) is 0. The van der Waals surface area contributed by atoms with Crippen molar-refractivity contribution in [2.45, 2.75) is 13.0 Å². The van der Waals surface area contributed by atoms with Gasteiger partial charge < -0.3 is 15.7 Å². The van der Waals surface area contributed by atoms with Gasteiger partial charge in [-0.05, 0) is 25.1 Å². The van der Waals surface area contributed by atoms with Gasteiger partial charge in [-0.25, -0.2) is 0 Å². The first-order valence-electron chi connectivity index (χ1n) is 5.45. The van der Waals surface area contributed by atoms with Gasteiger partial charge in [-0.3, -0.25) is 4.79 Å². The van der Waals surface area contributed by atoms with Gasteiger partial charge in [0.15, 0.2) is 0 Å². The second-order valence-corrected chi connectivity index (χ2v) is 5.29. The van der Waals surface area contributed by atoms with Crippen LogP contribution in [0.5, 0.6) is 5.75 Å². The number of hydrogen-bond donors (Lipinski definition) is 3. The zero-order valence-electron chi connectivity index (χ0n) is 9.28. The summed E-state index contributed by atoms with van der Waals surface area (Å²) >= 11 is 1.45. The van der Waals surface area contributed by atoms with Crippen LogP contribution in [0.4, 0.5) is 5.69 Å². The highest BCUT2D eigenvalue weighted by Crippen LogP contribution is 2.38. The van der Waals surface area contributed by atoms with Gasteiger partial charge in [0.25, 0.3) is 5.91 Å². The number of benzene rings is 1. The molecule has 2 aromatic rings. The Balaban J connectivity index is 2.24. The van der Waals surface area contributed by atoms with E-state index in [9.17, 15) is 9.90 Å². The highest BCUT2D eigenvalue weighted by molar-refractivity contribution is 7.21. The minimum absolute atomic E-state index is 0.0433. The van der Waals surface area contributed by atoms with Crippen LogP contribution in [-0.2, 0) is 0 Å². The lowest BCUT2D eigenvalue weighted by Gasteiger charge is -2.09. The molecule has 17 heavy (non-hydrogen) atoms. The standard InChI is InChI=1S/C12H12N2O2S/c1-6-5-13-10-8-4-7(15)2-3-9(8)17-11(10)12(16)14-6/h2-4,6,13,15H,5H2,1H3,(H,14,16)/t6-/m1/s1. The summed E-state index contributed by atoms with van der Waals surface area (Å²) < 4.78 is 1.00. The minimum Gasteiger partial charge on any atom is -0.508 e. The molecule has 88 valence electrons. The molecule has 1 aliphatic rings. The van der Waals surface area contributed by atoms with Crippen LogP contribution in [0.15, 0.2) is 18.2 Å². The molecule has 0 fully saturated rings. The first-order valence-corrected chi connectivity index (χ1v) is 6.27. The zero-order valence-corrected chi connectivity index (χ0v) is 10.1. The number of phenolic OH excluding ortho intramolecular Hbond substituents is 1. The molecule has 0 spiro atoms. The van der Waals surface area contributed by atoms with Crippen LogP contribution >= 0.6 is 11.3 Å². The molecule has 3 N–H and O–H groups in total. The molecule has 2 heterocycles. The molecule has 1 aromatic heterocycles. The van der Waals surface area contributed by atoms with Crippen molar-refractivity contribution in [3.05, 3.63) is 23.1 Å². The van der Waals surface area contributed by atoms with Crippen molar-refractivity contribution in [3.8, 4) is 5.75 Å². The third-order valence-electron chi connectivity index (χ3n) is 2.84. The molecule has 0 aliphatic carbocycles. The highest BCUT2D eigenvalue weighted by atomic mass is 32.1. The number of aromatic hydroxyl groups is 1. The summed E-state index contributed by atoms with van der Waals surface area (Å²) in [5.41, 5.74) is 0.836. The lowest BCUT2D eigenvalue weighted by atomic mass is 10.2. The fourth-order valence-electron chi connectivity index (χ4n) is 2.02. The molecule has 1 aliphatic heterocycles. The number of anilines is 1. The monoisotopic (exact) mass is 248 g/mol. The minimum atomic E-state index is -0.0433. The SMILES string of the molecule is C[C@@H]1CNc2c(sc3ccc(O)cc23)C(=O)N1. The second-order valence-electron chi connectivity index (χ2n) is 4.24. The Bertz CT molecular complexity index is 606. The normalized spacial score (nSPS) is 19.4. The Kier molecular flexibility index (Phi) is 2.22. The van der Waals surface area contributed by atoms with Crippen LogP contribution in [0.3, 0.4) is 0 Å². The number of hydrogen-bond acceptors (Lipinski definition) is 4. The summed E-state index contributed by atoms with van der Waals surface area (Å²) in [4.78, 5) is 12.7. The van der Waals surface area contributed by atoms with Crippen molar-refractivity contribution in [2.75, 3.05) is 11.9 Å². The quantitative estimate of drug-likeness (QED) is 0.669. The van der Waals surface area contributed by atoms with Crippen molar-refractivity contribution < 1.29 is 9.90 Å². The summed E-state index contributed by atoms with van der Waals surface area (Å²) in [6.45, 7) is 2.65. The van der Waals surface area contributed by atoms with Gasteiger partial charge in [0.1, 0.15) is 10.6 Å². The van der Waals surface area contributed by atoms with E-state index in [4.69, 9.17) is 0 Å². The van der Waals surface area contributed by atoms with Gasteiger partial charge in [0, 0.05) is 22.7 Å². The van der Waals surface area contributed by atoms with Crippen molar-refractivity contribution in [2.24, 2.45) is 0 Å². The van der Waals surface area contributed by atoms with Crippen LogP contribution in [0.25, 0.3) is 10.1 Å². The molecule has 0 radical (unpaired) electrons. The lowest BCUT2D eigenvalue weighted by Crippen LogP contribution is -2.34. The molecule has 3 rings (SSSR count).